The molecule has 1 aromatic rings. The van der Waals surface area contributed by atoms with E-state index in [1.165, 1.54) is 12.1 Å². The Bertz CT molecular complexity index is 396. The fourth-order valence-corrected chi connectivity index (χ4v) is 1.37. The van der Waals surface area contributed by atoms with Gasteiger partial charge < -0.3 is 0 Å². The van der Waals surface area contributed by atoms with Gasteiger partial charge in [0.2, 0.25) is 0 Å². The molecule has 15 heavy (non-hydrogen) atoms. The second-order valence-electron chi connectivity index (χ2n) is 2.73. The topological polar surface area (TPSA) is 17.1 Å². The minimum absolute atomic E-state index is 0.317. The van der Waals surface area contributed by atoms with Gasteiger partial charge in [0, 0.05) is 4.47 Å². The Labute approximate surface area is 92.7 Å². The molecule has 1 nitrogen and oxygen atoms in total. The average Bonchev–Trinajstić information content (AvgIpc) is 2.15. The number of allylic oxidation sites excluding steroid dienone is 1. The van der Waals surface area contributed by atoms with E-state index in [0.29, 0.717) is 16.3 Å². The van der Waals surface area contributed by atoms with Crippen LogP contribution in [0.2, 0.25) is 0 Å². The summed E-state index contributed by atoms with van der Waals surface area (Å²) in [6.07, 6.45) is -1.41. The van der Waals surface area contributed by atoms with Gasteiger partial charge >= 0.3 is 6.18 Å². The van der Waals surface area contributed by atoms with Gasteiger partial charge in [-0.25, -0.2) is 0 Å². The highest BCUT2D eigenvalue weighted by Gasteiger charge is 2.30. The second-order valence-corrected chi connectivity index (χ2v) is 3.58. The summed E-state index contributed by atoms with van der Waals surface area (Å²) in [5.41, 5.74) is -0.423. The molecule has 5 heteroatoms. The molecule has 0 aliphatic carbocycles. The van der Waals surface area contributed by atoms with Crippen molar-refractivity contribution in [3.8, 4) is 0 Å². The van der Waals surface area contributed by atoms with Crippen molar-refractivity contribution in [2.75, 3.05) is 0 Å². The molecular formula is C10H6BrF3O. The van der Waals surface area contributed by atoms with Crippen molar-refractivity contribution in [2.24, 2.45) is 0 Å². The van der Waals surface area contributed by atoms with E-state index in [2.05, 4.69) is 15.9 Å². The molecule has 0 aliphatic rings. The van der Waals surface area contributed by atoms with Gasteiger partial charge in [0.25, 0.3) is 0 Å². The molecular weight excluding hydrogens is 273 g/mol. The van der Waals surface area contributed by atoms with Crippen molar-refractivity contribution >= 4 is 28.3 Å². The Morgan fingerprint density at radius 3 is 2.47 bits per heavy atom. The van der Waals surface area contributed by atoms with Crippen LogP contribution in [0.25, 0.3) is 6.08 Å². The maximum absolute atomic E-state index is 12.3. The van der Waals surface area contributed by atoms with Gasteiger partial charge in [-0.1, -0.05) is 22.0 Å². The molecule has 0 heterocycles. The zero-order valence-electron chi connectivity index (χ0n) is 7.38. The third-order valence-corrected chi connectivity index (χ3v) is 2.40. The summed E-state index contributed by atoms with van der Waals surface area (Å²) in [6, 6.07) is 3.25. The fourth-order valence-electron chi connectivity index (χ4n) is 0.991. The van der Waals surface area contributed by atoms with Crippen LogP contribution in [0, 0.1) is 0 Å². The molecule has 0 saturated heterocycles. The predicted molar refractivity (Wildman–Crippen MR) is 54.2 cm³/mol. The standard InChI is InChI=1S/C10H6BrF3O/c11-9-4-3-8(10(12,13)14)6-7(9)2-1-5-15/h1-6H. The number of benzene rings is 1. The Morgan fingerprint density at radius 2 is 1.93 bits per heavy atom. The van der Waals surface area contributed by atoms with Crippen LogP contribution in [-0.4, -0.2) is 6.29 Å². The number of hydrogen-bond donors (Lipinski definition) is 0. The quantitative estimate of drug-likeness (QED) is 0.596. The first-order valence-corrected chi connectivity index (χ1v) is 4.73. The van der Waals surface area contributed by atoms with Crippen LogP contribution in [0.1, 0.15) is 11.1 Å². The van der Waals surface area contributed by atoms with Gasteiger partial charge in [0.15, 0.2) is 0 Å². The Balaban J connectivity index is 3.16. The van der Waals surface area contributed by atoms with Crippen LogP contribution in [0.4, 0.5) is 13.2 Å². The van der Waals surface area contributed by atoms with Gasteiger partial charge in [0.05, 0.1) is 5.56 Å². The van der Waals surface area contributed by atoms with Crippen molar-refractivity contribution in [3.63, 3.8) is 0 Å². The number of alkyl halides is 3. The summed E-state index contributed by atoms with van der Waals surface area (Å²) >= 11 is 3.09. The molecule has 0 fully saturated rings. The van der Waals surface area contributed by atoms with Crippen LogP contribution < -0.4 is 0 Å². The van der Waals surface area contributed by atoms with Crippen LogP contribution in [0.5, 0.6) is 0 Å². The SMILES string of the molecule is O=CC=Cc1cc(C(F)(F)F)ccc1Br. The highest BCUT2D eigenvalue weighted by atomic mass is 79.9. The molecule has 0 saturated carbocycles. The average molecular weight is 279 g/mol. The third-order valence-electron chi connectivity index (χ3n) is 1.68. The lowest BCUT2D eigenvalue weighted by atomic mass is 10.1. The molecule has 0 radical (unpaired) electrons. The minimum atomic E-state index is -4.37. The van der Waals surface area contributed by atoms with Crippen molar-refractivity contribution < 1.29 is 18.0 Å². The van der Waals surface area contributed by atoms with E-state index in [9.17, 15) is 18.0 Å². The maximum atomic E-state index is 12.3. The van der Waals surface area contributed by atoms with Crippen LogP contribution >= 0.6 is 15.9 Å². The van der Waals surface area contributed by atoms with E-state index >= 15 is 0 Å². The highest BCUT2D eigenvalue weighted by Crippen LogP contribution is 2.32. The number of halogens is 4. The number of hydrogen-bond acceptors (Lipinski definition) is 1. The second kappa shape index (κ2) is 4.61. The van der Waals surface area contributed by atoms with Crippen molar-refractivity contribution in [1.29, 1.82) is 0 Å². The number of carbonyl (C=O) groups is 1. The summed E-state index contributed by atoms with van der Waals surface area (Å²) in [5.74, 6) is 0. The number of aldehydes is 1. The first-order chi connectivity index (χ1) is 6.95. The van der Waals surface area contributed by atoms with E-state index in [0.717, 1.165) is 18.2 Å². The Morgan fingerprint density at radius 1 is 1.27 bits per heavy atom. The molecule has 0 amide bonds. The Kier molecular flexibility index (Phi) is 3.68. The van der Waals surface area contributed by atoms with E-state index in [4.69, 9.17) is 0 Å². The normalized spacial score (nSPS) is 12.0. The van der Waals surface area contributed by atoms with E-state index in [-0.39, 0.29) is 0 Å². The smallest absolute Gasteiger partial charge is 0.299 e. The summed E-state index contributed by atoms with van der Waals surface area (Å²) in [4.78, 5) is 10.0. The molecule has 1 aromatic carbocycles. The zero-order valence-corrected chi connectivity index (χ0v) is 8.97. The molecule has 0 atom stereocenters. The van der Waals surface area contributed by atoms with Gasteiger partial charge in [-0.2, -0.15) is 13.2 Å². The monoisotopic (exact) mass is 278 g/mol. The molecule has 0 aliphatic heterocycles. The van der Waals surface area contributed by atoms with E-state index in [1.807, 2.05) is 0 Å². The first kappa shape index (κ1) is 12.0. The van der Waals surface area contributed by atoms with Gasteiger partial charge in [-0.15, -0.1) is 0 Å². The molecule has 0 bridgehead atoms. The summed E-state index contributed by atoms with van der Waals surface area (Å²) in [7, 11) is 0. The molecule has 1 rings (SSSR count). The fraction of sp³-hybridized carbons (Fsp3) is 0.100. The summed E-state index contributed by atoms with van der Waals surface area (Å²) in [5, 5.41) is 0. The van der Waals surface area contributed by atoms with Crippen LogP contribution in [-0.2, 0) is 11.0 Å². The van der Waals surface area contributed by atoms with Crippen molar-refractivity contribution in [3.05, 3.63) is 39.9 Å². The third kappa shape index (κ3) is 3.20. The largest absolute Gasteiger partial charge is 0.416 e. The summed E-state index contributed by atoms with van der Waals surface area (Å²) in [6.45, 7) is 0. The van der Waals surface area contributed by atoms with Gasteiger partial charge in [-0.3, -0.25) is 4.79 Å². The Hall–Kier alpha value is -1.10. The molecule has 0 unspecified atom stereocenters. The molecule has 0 spiro atoms. The van der Waals surface area contributed by atoms with Crippen LogP contribution in [0.3, 0.4) is 0 Å². The molecule has 0 aromatic heterocycles. The van der Waals surface area contributed by atoms with Gasteiger partial charge in [0.1, 0.15) is 6.29 Å². The van der Waals surface area contributed by atoms with Gasteiger partial charge in [-0.05, 0) is 29.8 Å². The number of rotatable bonds is 2. The van der Waals surface area contributed by atoms with Crippen molar-refractivity contribution in [1.82, 2.24) is 0 Å². The minimum Gasteiger partial charge on any atom is -0.299 e. The van der Waals surface area contributed by atoms with E-state index in [1.54, 1.807) is 0 Å². The predicted octanol–water partition coefficient (Wildman–Crippen LogP) is 3.68. The first-order valence-electron chi connectivity index (χ1n) is 3.94. The molecule has 0 N–H and O–H groups in total. The van der Waals surface area contributed by atoms with Crippen LogP contribution in [0.15, 0.2) is 28.7 Å². The van der Waals surface area contributed by atoms with E-state index < -0.39 is 11.7 Å². The lowest BCUT2D eigenvalue weighted by Crippen LogP contribution is -2.04. The molecule has 80 valence electrons. The summed E-state index contributed by atoms with van der Waals surface area (Å²) < 4.78 is 37.4. The number of carbonyl (C=O) groups excluding carboxylic acids is 1. The van der Waals surface area contributed by atoms with Crippen molar-refractivity contribution in [2.45, 2.75) is 6.18 Å². The zero-order chi connectivity index (χ0) is 11.5. The highest BCUT2D eigenvalue weighted by molar-refractivity contribution is 9.10. The lowest BCUT2D eigenvalue weighted by Gasteiger charge is -2.08. The maximum Gasteiger partial charge on any atom is 0.416 e. The lowest BCUT2D eigenvalue weighted by molar-refractivity contribution is -0.137.